The van der Waals surface area contributed by atoms with Gasteiger partial charge in [0.1, 0.15) is 0 Å². The molecular weight excluding hydrogens is 351 g/mol. The SMILES string of the molecule is [C-]#[N+]c1cc(C)c(N2CCC([N+](C)(C)CC)C2=O)c(C)c1.[Y]. The topological polar surface area (TPSA) is 24.7 Å². The van der Waals surface area contributed by atoms with Gasteiger partial charge in [0.05, 0.1) is 27.2 Å². The van der Waals surface area contributed by atoms with Gasteiger partial charge in [0.15, 0.2) is 11.7 Å². The number of anilines is 1. The van der Waals surface area contributed by atoms with E-state index in [4.69, 9.17) is 6.57 Å². The molecule has 1 aliphatic rings. The molecule has 22 heavy (non-hydrogen) atoms. The Kier molecular flexibility index (Phi) is 6.32. The Hall–Kier alpha value is -0.756. The molecule has 1 amide bonds. The van der Waals surface area contributed by atoms with E-state index in [-0.39, 0.29) is 44.7 Å². The van der Waals surface area contributed by atoms with Crippen LogP contribution in [0.4, 0.5) is 11.4 Å². The molecule has 1 atom stereocenters. The second-order valence-corrected chi connectivity index (χ2v) is 6.43. The number of nitrogens with zero attached hydrogens (tertiary/aromatic N) is 3. The van der Waals surface area contributed by atoms with Gasteiger partial charge in [0.2, 0.25) is 0 Å². The summed E-state index contributed by atoms with van der Waals surface area (Å²) >= 11 is 0. The van der Waals surface area contributed by atoms with Gasteiger partial charge < -0.3 is 9.38 Å². The Balaban J connectivity index is 0.00000242. The van der Waals surface area contributed by atoms with Gasteiger partial charge >= 0.3 is 0 Å². The molecule has 2 rings (SSSR count). The van der Waals surface area contributed by atoms with E-state index >= 15 is 0 Å². The maximum atomic E-state index is 12.8. The summed E-state index contributed by atoms with van der Waals surface area (Å²) in [5.74, 6) is 0.212. The van der Waals surface area contributed by atoms with Crippen LogP contribution >= 0.6 is 0 Å². The molecule has 1 unspecified atom stereocenters. The predicted octanol–water partition coefficient (Wildman–Crippen LogP) is 3.05. The van der Waals surface area contributed by atoms with Gasteiger partial charge in [0, 0.05) is 51.4 Å². The molecule has 1 radical (unpaired) electrons. The number of quaternary nitrogens is 1. The first-order valence-electron chi connectivity index (χ1n) is 7.44. The van der Waals surface area contributed by atoms with Crippen LogP contribution in [0.1, 0.15) is 24.5 Å². The van der Waals surface area contributed by atoms with Crippen molar-refractivity contribution in [3.05, 3.63) is 34.7 Å². The van der Waals surface area contributed by atoms with Gasteiger partial charge in [-0.15, -0.1) is 0 Å². The summed E-state index contributed by atoms with van der Waals surface area (Å²) in [6.07, 6.45) is 0.892. The first-order valence-corrected chi connectivity index (χ1v) is 7.44. The van der Waals surface area contributed by atoms with Crippen molar-refractivity contribution in [1.82, 2.24) is 0 Å². The second-order valence-electron chi connectivity index (χ2n) is 6.43. The van der Waals surface area contributed by atoms with Crippen LogP contribution in [0.3, 0.4) is 0 Å². The zero-order chi connectivity index (χ0) is 15.8. The molecule has 5 heteroatoms. The van der Waals surface area contributed by atoms with E-state index in [2.05, 4.69) is 25.9 Å². The first kappa shape index (κ1) is 19.3. The number of carbonyl (C=O) groups excluding carboxylic acids is 1. The molecule has 0 aliphatic carbocycles. The number of amides is 1. The number of benzene rings is 1. The fourth-order valence-electron chi connectivity index (χ4n) is 3.18. The molecule has 115 valence electrons. The van der Waals surface area contributed by atoms with Gasteiger partial charge in [-0.1, -0.05) is 12.1 Å². The van der Waals surface area contributed by atoms with Crippen LogP contribution in [0.5, 0.6) is 0 Å². The molecule has 1 aromatic carbocycles. The third-order valence-electron chi connectivity index (χ3n) is 4.71. The van der Waals surface area contributed by atoms with Crippen LogP contribution in [0.15, 0.2) is 12.1 Å². The molecule has 0 bridgehead atoms. The van der Waals surface area contributed by atoms with E-state index in [0.717, 1.165) is 40.8 Å². The molecule has 1 fully saturated rings. The summed E-state index contributed by atoms with van der Waals surface area (Å²) in [7, 11) is 4.24. The van der Waals surface area contributed by atoms with Crippen molar-refractivity contribution in [3.63, 3.8) is 0 Å². The average Bonchev–Trinajstić information content (AvgIpc) is 2.80. The van der Waals surface area contributed by atoms with Gasteiger partial charge in [-0.25, -0.2) is 4.85 Å². The molecular formula is C17H24N3OY+. The van der Waals surface area contributed by atoms with Crippen molar-refractivity contribution in [3.8, 4) is 0 Å². The Morgan fingerprint density at radius 1 is 1.32 bits per heavy atom. The van der Waals surface area contributed by atoms with Crippen LogP contribution in [0.2, 0.25) is 0 Å². The quantitative estimate of drug-likeness (QED) is 0.589. The molecule has 1 saturated heterocycles. The minimum absolute atomic E-state index is 0. The number of carbonyl (C=O) groups is 1. The third-order valence-corrected chi connectivity index (χ3v) is 4.71. The third kappa shape index (κ3) is 3.43. The Morgan fingerprint density at radius 2 is 1.86 bits per heavy atom. The smallest absolute Gasteiger partial charge is 0.285 e. The minimum Gasteiger partial charge on any atom is -0.318 e. The van der Waals surface area contributed by atoms with Crippen LogP contribution < -0.4 is 4.90 Å². The van der Waals surface area contributed by atoms with E-state index in [1.165, 1.54) is 0 Å². The number of hydrogen-bond acceptors (Lipinski definition) is 1. The van der Waals surface area contributed by atoms with E-state index in [0.29, 0.717) is 5.69 Å². The molecule has 1 aliphatic heterocycles. The summed E-state index contributed by atoms with van der Waals surface area (Å²) in [6.45, 7) is 14.9. The van der Waals surface area contributed by atoms with Crippen LogP contribution in [-0.4, -0.2) is 43.6 Å². The maximum Gasteiger partial charge on any atom is 0.285 e. The first-order chi connectivity index (χ1) is 9.81. The molecule has 4 nitrogen and oxygen atoms in total. The Morgan fingerprint density at radius 3 is 2.32 bits per heavy atom. The minimum atomic E-state index is 0. The van der Waals surface area contributed by atoms with Crippen LogP contribution in [0, 0.1) is 20.4 Å². The number of likely N-dealkylation sites (N-methyl/N-ethyl adjacent to an activating group) is 1. The monoisotopic (exact) mass is 375 g/mol. The van der Waals surface area contributed by atoms with Crippen molar-refractivity contribution in [2.45, 2.75) is 33.2 Å². The van der Waals surface area contributed by atoms with E-state index < -0.39 is 0 Å². The zero-order valence-corrected chi connectivity index (χ0v) is 17.0. The molecule has 0 saturated carbocycles. The summed E-state index contributed by atoms with van der Waals surface area (Å²) in [4.78, 5) is 18.2. The largest absolute Gasteiger partial charge is 0.318 e. The average molecular weight is 375 g/mol. The molecule has 0 aromatic heterocycles. The Labute approximate surface area is 158 Å². The fraction of sp³-hybridized carbons (Fsp3) is 0.529. The van der Waals surface area contributed by atoms with E-state index in [1.54, 1.807) is 0 Å². The van der Waals surface area contributed by atoms with Crippen molar-refractivity contribution in [2.75, 3.05) is 32.1 Å². The normalized spacial score (nSPS) is 18.1. The number of rotatable bonds is 3. The summed E-state index contributed by atoms with van der Waals surface area (Å²) in [5, 5.41) is 0. The number of hydrogen-bond donors (Lipinski definition) is 0. The predicted molar refractivity (Wildman–Crippen MR) is 85.6 cm³/mol. The van der Waals surface area contributed by atoms with Crippen LogP contribution in [0.25, 0.3) is 4.85 Å². The number of aryl methyl sites for hydroxylation is 2. The maximum absolute atomic E-state index is 12.8. The van der Waals surface area contributed by atoms with E-state index in [9.17, 15) is 4.79 Å². The van der Waals surface area contributed by atoms with Crippen molar-refractivity contribution in [2.24, 2.45) is 0 Å². The molecule has 1 aromatic rings. The van der Waals surface area contributed by atoms with Gasteiger partial charge in [0.25, 0.3) is 5.91 Å². The molecule has 0 N–H and O–H groups in total. The van der Waals surface area contributed by atoms with Crippen molar-refractivity contribution >= 4 is 17.3 Å². The second kappa shape index (κ2) is 7.21. The molecule has 0 spiro atoms. The zero-order valence-electron chi connectivity index (χ0n) is 14.2. The fourth-order valence-corrected chi connectivity index (χ4v) is 3.18. The van der Waals surface area contributed by atoms with Crippen LogP contribution in [-0.2, 0) is 37.5 Å². The summed E-state index contributed by atoms with van der Waals surface area (Å²) < 4.78 is 0.730. The van der Waals surface area contributed by atoms with Crippen molar-refractivity contribution in [1.29, 1.82) is 0 Å². The van der Waals surface area contributed by atoms with E-state index in [1.807, 2.05) is 30.9 Å². The van der Waals surface area contributed by atoms with Gasteiger partial charge in [-0.2, -0.15) is 0 Å². The summed E-state index contributed by atoms with van der Waals surface area (Å²) in [6, 6.07) is 3.78. The standard InChI is InChI=1S/C17H24N3O.Y/c1-7-20(5,6)15-8-9-19(17(15)21)16-12(2)10-14(18-4)11-13(16)3;/h10-11,15H,7-9H2,1-3,5-6H3;/q+1;. The van der Waals surface area contributed by atoms with Crippen molar-refractivity contribution < 1.29 is 42.0 Å². The van der Waals surface area contributed by atoms with Gasteiger partial charge in [-0.05, 0) is 31.9 Å². The van der Waals surface area contributed by atoms with Gasteiger partial charge in [-0.3, -0.25) is 4.79 Å². The summed E-state index contributed by atoms with van der Waals surface area (Å²) in [5.41, 5.74) is 3.65. The Bertz CT molecular complexity index is 596. The molecule has 1 heterocycles.